The van der Waals surface area contributed by atoms with E-state index in [0.717, 1.165) is 44.9 Å². The van der Waals surface area contributed by atoms with E-state index in [2.05, 4.69) is 41.7 Å². The maximum atomic E-state index is 11.6. The Labute approximate surface area is 129 Å². The number of hydrogen-bond donors (Lipinski definition) is 3. The molecule has 0 aliphatic heterocycles. The molecule has 0 unspecified atom stereocenters. The number of amides is 1. The summed E-state index contributed by atoms with van der Waals surface area (Å²) in [6, 6.07) is 0.462. The Bertz CT molecular complexity index is 322. The van der Waals surface area contributed by atoms with E-state index in [1.807, 2.05) is 0 Å². The Morgan fingerprint density at radius 1 is 1.19 bits per heavy atom. The highest BCUT2D eigenvalue weighted by Gasteiger charge is 2.22. The van der Waals surface area contributed by atoms with Crippen molar-refractivity contribution in [2.24, 2.45) is 10.9 Å². The van der Waals surface area contributed by atoms with Crippen LogP contribution in [0.25, 0.3) is 0 Å². The van der Waals surface area contributed by atoms with Gasteiger partial charge >= 0.3 is 0 Å². The summed E-state index contributed by atoms with van der Waals surface area (Å²) in [5, 5.41) is 9.57. The predicted molar refractivity (Wildman–Crippen MR) is 88.5 cm³/mol. The maximum absolute atomic E-state index is 11.6. The minimum absolute atomic E-state index is 0.179. The molecule has 0 aromatic rings. The van der Waals surface area contributed by atoms with Crippen LogP contribution in [0, 0.1) is 5.92 Å². The average Bonchev–Trinajstić information content (AvgIpc) is 3.28. The van der Waals surface area contributed by atoms with E-state index in [-0.39, 0.29) is 5.91 Å². The van der Waals surface area contributed by atoms with Gasteiger partial charge in [-0.1, -0.05) is 26.7 Å². The van der Waals surface area contributed by atoms with Crippen molar-refractivity contribution in [2.75, 3.05) is 19.6 Å². The molecule has 0 saturated heterocycles. The lowest BCUT2D eigenvalue weighted by Crippen LogP contribution is -2.38. The highest BCUT2D eigenvalue weighted by Crippen LogP contribution is 2.18. The SMILES string of the molecule is CCNC(=NCC(CC)CC)NCCCC(=O)NC1CC1. The average molecular weight is 296 g/mol. The molecule has 0 radical (unpaired) electrons. The minimum Gasteiger partial charge on any atom is -0.357 e. The molecule has 122 valence electrons. The summed E-state index contributed by atoms with van der Waals surface area (Å²) in [7, 11) is 0. The number of nitrogens with zero attached hydrogens (tertiary/aromatic N) is 1. The number of carbonyl (C=O) groups excluding carboxylic acids is 1. The van der Waals surface area contributed by atoms with Crippen molar-refractivity contribution in [3.63, 3.8) is 0 Å². The van der Waals surface area contributed by atoms with Gasteiger partial charge in [-0.05, 0) is 32.1 Å². The van der Waals surface area contributed by atoms with E-state index >= 15 is 0 Å². The fourth-order valence-electron chi connectivity index (χ4n) is 2.09. The summed E-state index contributed by atoms with van der Waals surface area (Å²) in [6.07, 6.45) is 6.07. The standard InChI is InChI=1S/C16H32N4O/c1-4-13(5-2)12-19-16(17-6-3)18-11-7-8-15(21)20-14-9-10-14/h13-14H,4-12H2,1-3H3,(H,20,21)(H2,17,18,19). The van der Waals surface area contributed by atoms with Crippen LogP contribution in [0.4, 0.5) is 0 Å². The Balaban J connectivity index is 2.19. The number of hydrogen-bond acceptors (Lipinski definition) is 2. The van der Waals surface area contributed by atoms with Gasteiger partial charge in [0, 0.05) is 32.1 Å². The van der Waals surface area contributed by atoms with E-state index in [1.165, 1.54) is 12.8 Å². The highest BCUT2D eigenvalue weighted by atomic mass is 16.1. The van der Waals surface area contributed by atoms with Crippen LogP contribution in [-0.2, 0) is 4.79 Å². The predicted octanol–water partition coefficient (Wildman–Crippen LogP) is 2.04. The number of guanidine groups is 1. The molecule has 21 heavy (non-hydrogen) atoms. The molecule has 1 aliphatic carbocycles. The van der Waals surface area contributed by atoms with E-state index in [9.17, 15) is 4.79 Å². The zero-order chi connectivity index (χ0) is 15.5. The minimum atomic E-state index is 0.179. The molecule has 1 amide bonds. The highest BCUT2D eigenvalue weighted by molar-refractivity contribution is 5.80. The first-order valence-electron chi connectivity index (χ1n) is 8.51. The molecule has 1 aliphatic rings. The van der Waals surface area contributed by atoms with Gasteiger partial charge in [0.1, 0.15) is 0 Å². The molecule has 3 N–H and O–H groups in total. The first-order chi connectivity index (χ1) is 10.2. The van der Waals surface area contributed by atoms with Crippen LogP contribution in [0.1, 0.15) is 59.3 Å². The summed E-state index contributed by atoms with van der Waals surface area (Å²) in [5.41, 5.74) is 0. The van der Waals surface area contributed by atoms with E-state index in [0.29, 0.717) is 18.4 Å². The Morgan fingerprint density at radius 2 is 1.90 bits per heavy atom. The first-order valence-corrected chi connectivity index (χ1v) is 8.51. The second-order valence-corrected chi connectivity index (χ2v) is 5.77. The van der Waals surface area contributed by atoms with Crippen LogP contribution in [-0.4, -0.2) is 37.5 Å². The third kappa shape index (κ3) is 8.58. The zero-order valence-electron chi connectivity index (χ0n) is 13.9. The molecule has 0 spiro atoms. The smallest absolute Gasteiger partial charge is 0.220 e. The largest absolute Gasteiger partial charge is 0.357 e. The van der Waals surface area contributed by atoms with Crippen LogP contribution < -0.4 is 16.0 Å². The number of aliphatic imine (C=N–C) groups is 1. The summed E-state index contributed by atoms with van der Waals surface area (Å²) in [4.78, 5) is 16.2. The van der Waals surface area contributed by atoms with E-state index in [4.69, 9.17) is 0 Å². The van der Waals surface area contributed by atoms with Gasteiger partial charge in [0.05, 0.1) is 0 Å². The topological polar surface area (TPSA) is 65.5 Å². The zero-order valence-corrected chi connectivity index (χ0v) is 13.9. The molecule has 0 bridgehead atoms. The van der Waals surface area contributed by atoms with Crippen LogP contribution in [0.2, 0.25) is 0 Å². The number of nitrogens with one attached hydrogen (secondary N) is 3. The summed E-state index contributed by atoms with van der Waals surface area (Å²) in [6.45, 7) is 9.00. The molecule has 0 aromatic heterocycles. The van der Waals surface area contributed by atoms with E-state index < -0.39 is 0 Å². The summed E-state index contributed by atoms with van der Waals surface area (Å²) >= 11 is 0. The molecule has 5 heteroatoms. The lowest BCUT2D eigenvalue weighted by molar-refractivity contribution is -0.121. The third-order valence-corrected chi connectivity index (χ3v) is 3.82. The van der Waals surface area contributed by atoms with Crippen molar-refractivity contribution >= 4 is 11.9 Å². The van der Waals surface area contributed by atoms with Crippen molar-refractivity contribution < 1.29 is 4.79 Å². The normalized spacial score (nSPS) is 15.1. The van der Waals surface area contributed by atoms with Crippen molar-refractivity contribution in [3.8, 4) is 0 Å². The quantitative estimate of drug-likeness (QED) is 0.328. The van der Waals surface area contributed by atoms with Crippen LogP contribution >= 0.6 is 0 Å². The maximum Gasteiger partial charge on any atom is 0.220 e. The van der Waals surface area contributed by atoms with Gasteiger partial charge in [0.2, 0.25) is 5.91 Å². The molecule has 1 rings (SSSR count). The molecule has 0 aromatic carbocycles. The Hall–Kier alpha value is -1.26. The van der Waals surface area contributed by atoms with Gasteiger partial charge in [0.15, 0.2) is 5.96 Å². The lowest BCUT2D eigenvalue weighted by atomic mass is 10.0. The fraction of sp³-hybridized carbons (Fsp3) is 0.875. The Kier molecular flexibility index (Phi) is 8.87. The van der Waals surface area contributed by atoms with Gasteiger partial charge in [-0.2, -0.15) is 0 Å². The van der Waals surface area contributed by atoms with Crippen molar-refractivity contribution in [1.82, 2.24) is 16.0 Å². The van der Waals surface area contributed by atoms with Crippen LogP contribution in [0.15, 0.2) is 4.99 Å². The second-order valence-electron chi connectivity index (χ2n) is 5.77. The van der Waals surface area contributed by atoms with Gasteiger partial charge in [-0.25, -0.2) is 0 Å². The van der Waals surface area contributed by atoms with Crippen molar-refractivity contribution in [3.05, 3.63) is 0 Å². The monoisotopic (exact) mass is 296 g/mol. The molecule has 0 heterocycles. The number of rotatable bonds is 10. The van der Waals surface area contributed by atoms with Gasteiger partial charge in [0.25, 0.3) is 0 Å². The molecule has 0 atom stereocenters. The summed E-state index contributed by atoms with van der Waals surface area (Å²) < 4.78 is 0. The second kappa shape index (κ2) is 10.5. The Morgan fingerprint density at radius 3 is 2.48 bits per heavy atom. The van der Waals surface area contributed by atoms with Crippen molar-refractivity contribution in [2.45, 2.75) is 65.3 Å². The van der Waals surface area contributed by atoms with Crippen LogP contribution in [0.3, 0.4) is 0 Å². The van der Waals surface area contributed by atoms with E-state index in [1.54, 1.807) is 0 Å². The van der Waals surface area contributed by atoms with Gasteiger partial charge in [-0.15, -0.1) is 0 Å². The van der Waals surface area contributed by atoms with Crippen LogP contribution in [0.5, 0.6) is 0 Å². The van der Waals surface area contributed by atoms with Gasteiger partial charge < -0.3 is 16.0 Å². The summed E-state index contributed by atoms with van der Waals surface area (Å²) in [5.74, 6) is 1.70. The first kappa shape index (κ1) is 17.8. The fourth-order valence-corrected chi connectivity index (χ4v) is 2.09. The molecule has 1 fully saturated rings. The molecular formula is C16H32N4O. The van der Waals surface area contributed by atoms with Gasteiger partial charge in [-0.3, -0.25) is 9.79 Å². The molecule has 1 saturated carbocycles. The molecular weight excluding hydrogens is 264 g/mol. The third-order valence-electron chi connectivity index (χ3n) is 3.82. The molecule has 5 nitrogen and oxygen atoms in total. The lowest BCUT2D eigenvalue weighted by Gasteiger charge is -2.14. The van der Waals surface area contributed by atoms with Crippen molar-refractivity contribution in [1.29, 1.82) is 0 Å². The number of carbonyl (C=O) groups is 1.